The van der Waals surface area contributed by atoms with Crippen LogP contribution < -0.4 is 0 Å². The van der Waals surface area contributed by atoms with Gasteiger partial charge in [0.2, 0.25) is 0 Å². The third-order valence-electron chi connectivity index (χ3n) is 1.55. The zero-order valence-electron chi connectivity index (χ0n) is 6.56. The van der Waals surface area contributed by atoms with Gasteiger partial charge in [-0.25, -0.2) is 0 Å². The van der Waals surface area contributed by atoms with E-state index in [0.29, 0.717) is 9.83 Å². The topological polar surface area (TPSA) is 0 Å². The van der Waals surface area contributed by atoms with Crippen LogP contribution in [0.4, 0.5) is 0 Å². The highest BCUT2D eigenvalue weighted by molar-refractivity contribution is 8.14. The molecule has 1 aliphatic rings. The van der Waals surface area contributed by atoms with Gasteiger partial charge in [0, 0.05) is 16.8 Å². The van der Waals surface area contributed by atoms with Crippen molar-refractivity contribution in [1.29, 1.82) is 0 Å². The monoisotopic (exact) mass is 226 g/mol. The first kappa shape index (κ1) is 10.5. The minimum atomic E-state index is 0.546. The molecule has 0 bridgehead atoms. The molecule has 0 N–H and O–H groups in total. The Hall–Kier alpha value is 1.40. The molecule has 0 radical (unpaired) electrons. The highest BCUT2D eigenvalue weighted by atomic mass is 32.2. The van der Waals surface area contributed by atoms with Crippen molar-refractivity contribution in [2.75, 3.05) is 11.5 Å². The molecule has 0 aliphatic carbocycles. The summed E-state index contributed by atoms with van der Waals surface area (Å²) >= 11 is 12.8. The summed E-state index contributed by atoms with van der Waals surface area (Å²) in [4.78, 5) is 0. The number of thioether (sulfide) groups is 2. The molecule has 0 aromatic heterocycles. The van der Waals surface area contributed by atoms with Crippen LogP contribution in [-0.2, 0) is 0 Å². The minimum Gasteiger partial charge on any atom is -0.176 e. The predicted octanol–water partition coefficient (Wildman–Crippen LogP) is 2.80. The van der Waals surface area contributed by atoms with Gasteiger partial charge in [-0.2, -0.15) is 37.0 Å². The number of thiol groups is 2. The van der Waals surface area contributed by atoms with Gasteiger partial charge in [0.05, 0.1) is 4.58 Å². The molecule has 3 unspecified atom stereocenters. The molecule has 0 spiro atoms. The standard InChI is InChI=1S/C7H14S4/c1-5(8)2-6-3-11-7(9)4-10-6/h5-9H,2-4H2,1H3. The molecular formula is C7H14S4. The molecule has 4 heteroatoms. The van der Waals surface area contributed by atoms with Crippen molar-refractivity contribution in [1.82, 2.24) is 0 Å². The van der Waals surface area contributed by atoms with Crippen molar-refractivity contribution in [2.24, 2.45) is 0 Å². The molecule has 0 saturated carbocycles. The molecule has 1 rings (SSSR count). The Balaban J connectivity index is 2.17. The van der Waals surface area contributed by atoms with Gasteiger partial charge < -0.3 is 0 Å². The SMILES string of the molecule is CC(S)CC1CSC(S)CS1. The van der Waals surface area contributed by atoms with E-state index in [2.05, 4.69) is 43.9 Å². The lowest BCUT2D eigenvalue weighted by Crippen LogP contribution is -2.20. The maximum Gasteiger partial charge on any atom is 0.0563 e. The van der Waals surface area contributed by atoms with Gasteiger partial charge >= 0.3 is 0 Å². The van der Waals surface area contributed by atoms with Crippen LogP contribution in [0.5, 0.6) is 0 Å². The lowest BCUT2D eigenvalue weighted by atomic mass is 10.3. The van der Waals surface area contributed by atoms with E-state index >= 15 is 0 Å². The van der Waals surface area contributed by atoms with E-state index in [1.807, 2.05) is 11.8 Å². The maximum absolute atomic E-state index is 4.42. The zero-order valence-corrected chi connectivity index (χ0v) is 9.99. The summed E-state index contributed by atoms with van der Waals surface area (Å²) in [6.07, 6.45) is 1.24. The average molecular weight is 226 g/mol. The second kappa shape index (κ2) is 5.20. The molecule has 1 saturated heterocycles. The van der Waals surface area contributed by atoms with Crippen LogP contribution in [0.25, 0.3) is 0 Å². The van der Waals surface area contributed by atoms with Crippen LogP contribution in [0.2, 0.25) is 0 Å². The van der Waals surface area contributed by atoms with Crippen LogP contribution in [0.15, 0.2) is 0 Å². The van der Waals surface area contributed by atoms with Crippen molar-refractivity contribution in [3.63, 3.8) is 0 Å². The van der Waals surface area contributed by atoms with Crippen molar-refractivity contribution in [2.45, 2.75) is 28.4 Å². The van der Waals surface area contributed by atoms with Crippen LogP contribution in [0, 0.1) is 0 Å². The molecule has 1 fully saturated rings. The number of hydrogen-bond donors (Lipinski definition) is 2. The molecule has 0 aromatic carbocycles. The lowest BCUT2D eigenvalue weighted by Gasteiger charge is -2.25. The van der Waals surface area contributed by atoms with Gasteiger partial charge in [-0.15, -0.1) is 11.8 Å². The van der Waals surface area contributed by atoms with Gasteiger partial charge in [0.1, 0.15) is 0 Å². The molecule has 0 amide bonds. The normalized spacial score (nSPS) is 35.2. The van der Waals surface area contributed by atoms with Crippen LogP contribution in [0.3, 0.4) is 0 Å². The molecular weight excluding hydrogens is 212 g/mol. The Morgan fingerprint density at radius 3 is 2.64 bits per heavy atom. The third-order valence-corrected chi connectivity index (χ3v) is 5.57. The van der Waals surface area contributed by atoms with E-state index < -0.39 is 0 Å². The Morgan fingerprint density at radius 1 is 1.45 bits per heavy atom. The fourth-order valence-corrected chi connectivity index (χ4v) is 4.64. The van der Waals surface area contributed by atoms with Gasteiger partial charge in [0.15, 0.2) is 0 Å². The van der Waals surface area contributed by atoms with E-state index in [9.17, 15) is 0 Å². The Bertz CT molecular complexity index is 107. The van der Waals surface area contributed by atoms with Gasteiger partial charge in [-0.3, -0.25) is 0 Å². The fourth-order valence-electron chi connectivity index (χ4n) is 1.05. The third kappa shape index (κ3) is 4.25. The Kier molecular flexibility index (Phi) is 4.95. The summed E-state index contributed by atoms with van der Waals surface area (Å²) in [5, 5.41) is 1.36. The fraction of sp³-hybridized carbons (Fsp3) is 1.00. The molecule has 11 heavy (non-hydrogen) atoms. The van der Waals surface area contributed by atoms with Crippen LogP contribution in [0.1, 0.15) is 13.3 Å². The molecule has 0 nitrogen and oxygen atoms in total. The van der Waals surface area contributed by atoms with Crippen molar-refractivity contribution in [3.8, 4) is 0 Å². The smallest absolute Gasteiger partial charge is 0.0563 e. The first-order valence-corrected chi connectivity index (χ1v) is 6.91. The highest BCUT2D eigenvalue weighted by Gasteiger charge is 2.20. The van der Waals surface area contributed by atoms with E-state index in [4.69, 9.17) is 0 Å². The quantitative estimate of drug-likeness (QED) is 0.695. The molecule has 0 aromatic rings. The van der Waals surface area contributed by atoms with Gasteiger partial charge in [-0.05, 0) is 11.7 Å². The van der Waals surface area contributed by atoms with E-state index in [0.717, 1.165) is 5.25 Å². The second-order valence-corrected chi connectivity index (χ2v) is 7.25. The summed E-state index contributed by atoms with van der Waals surface area (Å²) in [5.41, 5.74) is 0. The van der Waals surface area contributed by atoms with Crippen molar-refractivity contribution < 1.29 is 0 Å². The number of rotatable bonds is 2. The number of hydrogen-bond acceptors (Lipinski definition) is 4. The first-order chi connectivity index (χ1) is 5.18. The summed E-state index contributed by atoms with van der Waals surface area (Å²) < 4.78 is 0.562. The summed E-state index contributed by atoms with van der Waals surface area (Å²) in [6.45, 7) is 2.17. The molecule has 3 atom stereocenters. The Labute approximate surface area is 88.5 Å². The van der Waals surface area contributed by atoms with Gasteiger partial charge in [-0.1, -0.05) is 6.92 Å². The average Bonchev–Trinajstić information content (AvgIpc) is 1.93. The van der Waals surface area contributed by atoms with E-state index in [-0.39, 0.29) is 0 Å². The highest BCUT2D eigenvalue weighted by Crippen LogP contribution is 2.34. The molecule has 1 aliphatic heterocycles. The summed E-state index contributed by atoms with van der Waals surface area (Å²) in [6, 6.07) is 0. The molecule has 66 valence electrons. The van der Waals surface area contributed by atoms with Gasteiger partial charge in [0.25, 0.3) is 0 Å². The lowest BCUT2D eigenvalue weighted by molar-refractivity contribution is 0.811. The van der Waals surface area contributed by atoms with Crippen LogP contribution >= 0.6 is 48.8 Å². The van der Waals surface area contributed by atoms with Crippen molar-refractivity contribution >= 4 is 48.8 Å². The Morgan fingerprint density at radius 2 is 2.18 bits per heavy atom. The minimum absolute atomic E-state index is 0.546. The largest absolute Gasteiger partial charge is 0.176 e. The van der Waals surface area contributed by atoms with Crippen LogP contribution in [-0.4, -0.2) is 26.6 Å². The van der Waals surface area contributed by atoms with Crippen molar-refractivity contribution in [3.05, 3.63) is 0 Å². The van der Waals surface area contributed by atoms with E-state index in [1.165, 1.54) is 17.9 Å². The first-order valence-electron chi connectivity index (χ1n) is 3.78. The second-order valence-electron chi connectivity index (χ2n) is 2.83. The van der Waals surface area contributed by atoms with E-state index in [1.54, 1.807) is 0 Å². The summed E-state index contributed by atoms with van der Waals surface area (Å²) in [5.74, 6) is 2.45. The molecule has 1 heterocycles. The maximum atomic E-state index is 4.42. The zero-order chi connectivity index (χ0) is 8.27. The predicted molar refractivity (Wildman–Crippen MR) is 64.5 cm³/mol. The summed E-state index contributed by atoms with van der Waals surface area (Å²) in [7, 11) is 0.